The van der Waals surface area contributed by atoms with Gasteiger partial charge in [0.1, 0.15) is 9.83 Å². The van der Waals surface area contributed by atoms with Crippen LogP contribution in [0.4, 0.5) is 0 Å². The zero-order valence-corrected chi connectivity index (χ0v) is 8.00. The van der Waals surface area contributed by atoms with Gasteiger partial charge in [0.25, 0.3) is 0 Å². The fourth-order valence-corrected chi connectivity index (χ4v) is 4.00. The lowest BCUT2D eigenvalue weighted by Gasteiger charge is -1.97. The van der Waals surface area contributed by atoms with Crippen LogP contribution in [0.15, 0.2) is 23.1 Å². The van der Waals surface area contributed by atoms with Gasteiger partial charge in [0.2, 0.25) is 5.12 Å². The monoisotopic (exact) mass is 198 g/mol. The number of fused-ring (bicyclic) bond motifs is 1. The van der Waals surface area contributed by atoms with Gasteiger partial charge >= 0.3 is 0 Å². The van der Waals surface area contributed by atoms with Crippen molar-refractivity contribution in [2.24, 2.45) is 0 Å². The van der Waals surface area contributed by atoms with Crippen LogP contribution in [0.2, 0.25) is 0 Å². The van der Waals surface area contributed by atoms with Crippen molar-refractivity contribution < 1.29 is 9.00 Å². The zero-order chi connectivity index (χ0) is 8.72. The first-order valence-corrected chi connectivity index (χ1v) is 5.92. The highest BCUT2D eigenvalue weighted by Crippen LogP contribution is 2.35. The fourth-order valence-electron chi connectivity index (χ4n) is 1.19. The molecule has 2 rings (SSSR count). The Kier molecular flexibility index (Phi) is 1.81. The summed E-state index contributed by atoms with van der Waals surface area (Å²) in [5.74, 6) is 0. The maximum Gasteiger partial charge on any atom is 0.233 e. The molecule has 2 nitrogen and oxygen atoms in total. The molecule has 0 aliphatic carbocycles. The van der Waals surface area contributed by atoms with Crippen LogP contribution < -0.4 is 0 Å². The van der Waals surface area contributed by atoms with E-state index in [9.17, 15) is 9.00 Å². The third kappa shape index (κ3) is 1.03. The molecule has 1 aromatic rings. The molecule has 0 bridgehead atoms. The highest BCUT2D eigenvalue weighted by molar-refractivity contribution is 8.76. The molecule has 1 unspecified atom stereocenters. The lowest BCUT2D eigenvalue weighted by atomic mass is 10.1. The van der Waals surface area contributed by atoms with Gasteiger partial charge in [-0.25, -0.2) is 4.21 Å². The second-order valence-corrected chi connectivity index (χ2v) is 5.38. The molecule has 12 heavy (non-hydrogen) atoms. The average molecular weight is 198 g/mol. The van der Waals surface area contributed by atoms with E-state index in [1.807, 2.05) is 19.1 Å². The van der Waals surface area contributed by atoms with Crippen molar-refractivity contribution in [1.82, 2.24) is 0 Å². The summed E-state index contributed by atoms with van der Waals surface area (Å²) in [6.45, 7) is 1.87. The zero-order valence-electron chi connectivity index (χ0n) is 6.37. The Bertz CT molecular complexity index is 385. The number of aryl methyl sites for hydroxylation is 1. The fraction of sp³-hybridized carbons (Fsp3) is 0.125. The number of hydrogen-bond acceptors (Lipinski definition) is 3. The van der Waals surface area contributed by atoms with E-state index in [4.69, 9.17) is 0 Å². The van der Waals surface area contributed by atoms with Crippen molar-refractivity contribution in [3.05, 3.63) is 29.3 Å². The van der Waals surface area contributed by atoms with Gasteiger partial charge in [0.05, 0.1) is 4.90 Å². The van der Waals surface area contributed by atoms with Gasteiger partial charge < -0.3 is 0 Å². The minimum atomic E-state index is -1.17. The van der Waals surface area contributed by atoms with Gasteiger partial charge in [0.15, 0.2) is 0 Å². The van der Waals surface area contributed by atoms with E-state index in [0.717, 1.165) is 16.4 Å². The molecule has 1 heterocycles. The van der Waals surface area contributed by atoms with Crippen LogP contribution in [-0.4, -0.2) is 9.32 Å². The first-order chi connectivity index (χ1) is 5.70. The van der Waals surface area contributed by atoms with Crippen molar-refractivity contribution >= 4 is 25.7 Å². The molecule has 1 aromatic carbocycles. The van der Waals surface area contributed by atoms with E-state index in [1.165, 1.54) is 0 Å². The highest BCUT2D eigenvalue weighted by Gasteiger charge is 2.28. The third-order valence-corrected chi connectivity index (χ3v) is 4.56. The predicted molar refractivity (Wildman–Crippen MR) is 49.5 cm³/mol. The Labute approximate surface area is 76.2 Å². The molecule has 4 heteroatoms. The number of benzene rings is 1. The third-order valence-electron chi connectivity index (χ3n) is 1.75. The Morgan fingerprint density at radius 1 is 1.42 bits per heavy atom. The second-order valence-electron chi connectivity index (χ2n) is 2.56. The SMILES string of the molecule is Cc1cccc2c1S(=O)SC2=O. The molecule has 0 saturated carbocycles. The van der Waals surface area contributed by atoms with Gasteiger partial charge in [-0.3, -0.25) is 4.79 Å². The van der Waals surface area contributed by atoms with Gasteiger partial charge in [-0.2, -0.15) is 0 Å². The summed E-state index contributed by atoms with van der Waals surface area (Å²) >= 11 is 0. The highest BCUT2D eigenvalue weighted by atomic mass is 33.1. The van der Waals surface area contributed by atoms with E-state index in [-0.39, 0.29) is 5.12 Å². The summed E-state index contributed by atoms with van der Waals surface area (Å²) < 4.78 is 11.4. The van der Waals surface area contributed by atoms with Crippen LogP contribution in [0.1, 0.15) is 15.9 Å². The van der Waals surface area contributed by atoms with Gasteiger partial charge in [0, 0.05) is 16.4 Å². The lowest BCUT2D eigenvalue weighted by molar-refractivity contribution is 0.108. The minimum absolute atomic E-state index is 0.0768. The summed E-state index contributed by atoms with van der Waals surface area (Å²) in [7, 11) is -0.276. The van der Waals surface area contributed by atoms with Crippen molar-refractivity contribution in [2.45, 2.75) is 11.8 Å². The topological polar surface area (TPSA) is 34.1 Å². The molecule has 0 N–H and O–H groups in total. The van der Waals surface area contributed by atoms with E-state index < -0.39 is 9.83 Å². The minimum Gasteiger partial charge on any atom is -0.280 e. The summed E-state index contributed by atoms with van der Waals surface area (Å²) in [5, 5.41) is -0.0768. The summed E-state index contributed by atoms with van der Waals surface area (Å²) in [6.07, 6.45) is 0. The van der Waals surface area contributed by atoms with E-state index >= 15 is 0 Å². The van der Waals surface area contributed by atoms with Crippen molar-refractivity contribution in [3.63, 3.8) is 0 Å². The van der Waals surface area contributed by atoms with Crippen LogP contribution in [0.3, 0.4) is 0 Å². The van der Waals surface area contributed by atoms with Gasteiger partial charge in [-0.15, -0.1) is 0 Å². The standard InChI is InChI=1S/C8H6O2S2/c1-5-3-2-4-6-7(5)12(10)11-8(6)9/h2-4H,1H3. The van der Waals surface area contributed by atoms with Crippen LogP contribution in [0.5, 0.6) is 0 Å². The summed E-state index contributed by atoms with van der Waals surface area (Å²) in [4.78, 5) is 11.9. The van der Waals surface area contributed by atoms with Crippen LogP contribution in [0.25, 0.3) is 0 Å². The van der Waals surface area contributed by atoms with Crippen LogP contribution in [-0.2, 0) is 9.83 Å². The molecule has 0 amide bonds. The summed E-state index contributed by atoms with van der Waals surface area (Å²) in [6, 6.07) is 5.41. The number of hydrogen-bond donors (Lipinski definition) is 0. The lowest BCUT2D eigenvalue weighted by Crippen LogP contribution is -1.89. The quantitative estimate of drug-likeness (QED) is 0.597. The molecular formula is C8H6O2S2. The second kappa shape index (κ2) is 2.71. The molecule has 1 aliphatic heterocycles. The smallest absolute Gasteiger partial charge is 0.233 e. The molecule has 0 radical (unpaired) electrons. The molecule has 0 saturated heterocycles. The number of rotatable bonds is 0. The molecular weight excluding hydrogens is 192 g/mol. The maximum absolute atomic E-state index is 11.4. The Hall–Kier alpha value is -0.610. The van der Waals surface area contributed by atoms with Gasteiger partial charge in [-0.1, -0.05) is 12.1 Å². The molecule has 1 aliphatic rings. The van der Waals surface area contributed by atoms with E-state index in [0.29, 0.717) is 10.5 Å². The average Bonchev–Trinajstić information content (AvgIpc) is 2.29. The largest absolute Gasteiger partial charge is 0.280 e. The maximum atomic E-state index is 11.4. The van der Waals surface area contributed by atoms with Crippen molar-refractivity contribution in [3.8, 4) is 0 Å². The Morgan fingerprint density at radius 3 is 2.83 bits per heavy atom. The summed E-state index contributed by atoms with van der Waals surface area (Å²) in [5.41, 5.74) is 1.54. The first-order valence-electron chi connectivity index (χ1n) is 3.44. The van der Waals surface area contributed by atoms with E-state index in [2.05, 4.69) is 0 Å². The van der Waals surface area contributed by atoms with Crippen LogP contribution in [0, 0.1) is 6.92 Å². The first kappa shape index (κ1) is 8.01. The van der Waals surface area contributed by atoms with Crippen molar-refractivity contribution in [1.29, 1.82) is 0 Å². The Balaban J connectivity index is 2.75. The number of carbonyl (C=O) groups excluding carboxylic acids is 1. The molecule has 1 atom stereocenters. The molecule has 0 aromatic heterocycles. The molecule has 62 valence electrons. The molecule has 0 fully saturated rings. The Morgan fingerprint density at radius 2 is 2.17 bits per heavy atom. The number of carbonyl (C=O) groups is 1. The van der Waals surface area contributed by atoms with Crippen molar-refractivity contribution in [2.75, 3.05) is 0 Å². The normalized spacial score (nSPS) is 21.1. The molecule has 0 spiro atoms. The van der Waals surface area contributed by atoms with Gasteiger partial charge in [-0.05, 0) is 18.6 Å². The predicted octanol–water partition coefficient (Wildman–Crippen LogP) is 1.90. The van der Waals surface area contributed by atoms with E-state index in [1.54, 1.807) is 6.07 Å². The van der Waals surface area contributed by atoms with Crippen LogP contribution >= 0.6 is 10.8 Å².